The Balaban J connectivity index is 0.00000144. The molecule has 0 radical (unpaired) electrons. The van der Waals surface area contributed by atoms with Crippen LogP contribution in [0, 0.1) is 13.8 Å². The number of rotatable bonds is 2. The fourth-order valence-corrected chi connectivity index (χ4v) is 2.02. The van der Waals surface area contributed by atoms with Gasteiger partial charge in [0.2, 0.25) is 0 Å². The molecule has 0 unspecified atom stereocenters. The number of anilines is 1. The van der Waals surface area contributed by atoms with E-state index < -0.39 is 10.3 Å². The number of thiazole rings is 1. The molecule has 0 saturated heterocycles. The SMILES string of the molecule is Cc1nc(NS(=O)(=O)[O-])sc1C.[Na+]. The fourth-order valence-electron chi connectivity index (χ4n) is 0.623. The molecule has 1 N–H and O–H groups in total. The maximum atomic E-state index is 10.2. The van der Waals surface area contributed by atoms with E-state index in [2.05, 4.69) is 4.98 Å². The summed E-state index contributed by atoms with van der Waals surface area (Å²) < 4.78 is 32.4. The molecule has 8 heteroatoms. The van der Waals surface area contributed by atoms with Gasteiger partial charge < -0.3 is 4.55 Å². The van der Waals surface area contributed by atoms with E-state index in [1.165, 1.54) is 0 Å². The van der Waals surface area contributed by atoms with Gasteiger partial charge in [-0.15, -0.1) is 11.3 Å². The van der Waals surface area contributed by atoms with Crippen molar-refractivity contribution in [3.05, 3.63) is 10.6 Å². The fraction of sp³-hybridized carbons (Fsp3) is 0.400. The summed E-state index contributed by atoms with van der Waals surface area (Å²) >= 11 is 1.14. The van der Waals surface area contributed by atoms with Crippen molar-refractivity contribution in [3.63, 3.8) is 0 Å². The Morgan fingerprint density at radius 1 is 1.46 bits per heavy atom. The van der Waals surface area contributed by atoms with Crippen LogP contribution in [-0.2, 0) is 10.3 Å². The first-order chi connectivity index (χ1) is 5.38. The van der Waals surface area contributed by atoms with E-state index in [-0.39, 0.29) is 34.7 Å². The maximum Gasteiger partial charge on any atom is 1.00 e. The first-order valence-corrected chi connectivity index (χ1v) is 5.28. The van der Waals surface area contributed by atoms with Gasteiger partial charge >= 0.3 is 29.6 Å². The summed E-state index contributed by atoms with van der Waals surface area (Å²) in [4.78, 5) is 4.71. The third-order valence-electron chi connectivity index (χ3n) is 1.24. The number of aromatic nitrogens is 1. The summed E-state index contributed by atoms with van der Waals surface area (Å²) in [5.41, 5.74) is 0.728. The van der Waals surface area contributed by atoms with Crippen molar-refractivity contribution in [2.24, 2.45) is 0 Å². The van der Waals surface area contributed by atoms with Crippen LogP contribution in [0.1, 0.15) is 10.6 Å². The second-order valence-electron chi connectivity index (χ2n) is 2.22. The summed E-state index contributed by atoms with van der Waals surface area (Å²) in [7, 11) is -4.43. The minimum absolute atomic E-state index is 0. The molecular weight excluding hydrogens is 223 g/mol. The van der Waals surface area contributed by atoms with Crippen LogP contribution in [0.3, 0.4) is 0 Å². The molecule has 0 amide bonds. The van der Waals surface area contributed by atoms with E-state index >= 15 is 0 Å². The molecule has 1 aromatic heterocycles. The van der Waals surface area contributed by atoms with E-state index in [4.69, 9.17) is 0 Å². The quantitative estimate of drug-likeness (QED) is 0.455. The summed E-state index contributed by atoms with van der Waals surface area (Å²) in [6.07, 6.45) is 0. The second-order valence-corrected chi connectivity index (χ2v) is 4.53. The Bertz CT molecular complexity index is 367. The van der Waals surface area contributed by atoms with Crippen molar-refractivity contribution >= 4 is 26.8 Å². The zero-order chi connectivity index (χ0) is 9.35. The summed E-state index contributed by atoms with van der Waals surface area (Å²) in [5, 5.41) is 0.125. The van der Waals surface area contributed by atoms with E-state index in [1.54, 1.807) is 18.6 Å². The first kappa shape index (κ1) is 13.3. The van der Waals surface area contributed by atoms with Crippen LogP contribution >= 0.6 is 11.3 Å². The van der Waals surface area contributed by atoms with Crippen molar-refractivity contribution in [3.8, 4) is 0 Å². The summed E-state index contributed by atoms with van der Waals surface area (Å²) in [5.74, 6) is 0. The van der Waals surface area contributed by atoms with Crippen LogP contribution < -0.4 is 34.3 Å². The van der Waals surface area contributed by atoms with Crippen LogP contribution in [0.4, 0.5) is 5.13 Å². The molecule has 5 nitrogen and oxygen atoms in total. The molecule has 1 heterocycles. The van der Waals surface area contributed by atoms with Crippen LogP contribution in [0.25, 0.3) is 0 Å². The van der Waals surface area contributed by atoms with Gasteiger partial charge in [-0.3, -0.25) is 4.72 Å². The van der Waals surface area contributed by atoms with Gasteiger partial charge in [0, 0.05) is 4.88 Å². The Kier molecular flexibility index (Phi) is 4.84. The Hall–Kier alpha value is 0.340. The average Bonchev–Trinajstić information content (AvgIpc) is 2.07. The van der Waals surface area contributed by atoms with Gasteiger partial charge in [0.05, 0.1) is 5.69 Å². The van der Waals surface area contributed by atoms with E-state index in [0.717, 1.165) is 21.9 Å². The molecule has 0 aliphatic carbocycles. The van der Waals surface area contributed by atoms with Crippen molar-refractivity contribution in [2.75, 3.05) is 4.72 Å². The Morgan fingerprint density at radius 2 is 2.00 bits per heavy atom. The topological polar surface area (TPSA) is 82.1 Å². The molecule has 0 saturated carbocycles. The van der Waals surface area contributed by atoms with E-state index in [0.29, 0.717) is 0 Å². The smallest absolute Gasteiger partial charge is 0.731 e. The molecule has 1 rings (SSSR count). The van der Waals surface area contributed by atoms with Gasteiger partial charge in [0.1, 0.15) is 0 Å². The predicted octanol–water partition coefficient (Wildman–Crippen LogP) is -2.36. The number of aryl methyl sites for hydroxylation is 2. The first-order valence-electron chi connectivity index (χ1n) is 3.06. The van der Waals surface area contributed by atoms with Crippen LogP contribution in [0.5, 0.6) is 0 Å². The van der Waals surface area contributed by atoms with Crippen LogP contribution in [0.15, 0.2) is 0 Å². The zero-order valence-corrected chi connectivity index (χ0v) is 11.1. The normalized spacial score (nSPS) is 10.7. The Morgan fingerprint density at radius 3 is 2.31 bits per heavy atom. The number of hydrogen-bond acceptors (Lipinski definition) is 5. The van der Waals surface area contributed by atoms with Crippen molar-refractivity contribution in [1.82, 2.24) is 4.98 Å². The molecule has 0 aromatic carbocycles. The van der Waals surface area contributed by atoms with Gasteiger partial charge in [-0.2, -0.15) is 0 Å². The third-order valence-corrected chi connectivity index (χ3v) is 2.80. The molecule has 0 aliphatic heterocycles. The Labute approximate surface area is 103 Å². The van der Waals surface area contributed by atoms with Gasteiger partial charge in [0.15, 0.2) is 15.4 Å². The minimum atomic E-state index is -4.43. The number of nitrogens with zero attached hydrogens (tertiary/aromatic N) is 1. The van der Waals surface area contributed by atoms with Gasteiger partial charge in [-0.25, -0.2) is 13.4 Å². The molecule has 0 spiro atoms. The molecule has 0 fully saturated rings. The third kappa shape index (κ3) is 4.39. The average molecular weight is 230 g/mol. The maximum absolute atomic E-state index is 10.2. The van der Waals surface area contributed by atoms with Crippen LogP contribution in [-0.4, -0.2) is 18.0 Å². The summed E-state index contributed by atoms with van der Waals surface area (Å²) in [6.45, 7) is 3.55. The predicted molar refractivity (Wildman–Crippen MR) is 44.9 cm³/mol. The number of hydrogen-bond donors (Lipinski definition) is 1. The van der Waals surface area contributed by atoms with Gasteiger partial charge in [-0.05, 0) is 13.8 Å². The van der Waals surface area contributed by atoms with Gasteiger partial charge in [0.25, 0.3) is 0 Å². The molecule has 0 atom stereocenters. The molecule has 0 aliphatic rings. The largest absolute Gasteiger partial charge is 1.00 e. The van der Waals surface area contributed by atoms with Crippen molar-refractivity contribution < 1.29 is 42.5 Å². The monoisotopic (exact) mass is 230 g/mol. The van der Waals surface area contributed by atoms with Gasteiger partial charge in [-0.1, -0.05) is 0 Å². The van der Waals surface area contributed by atoms with Crippen LogP contribution in [0.2, 0.25) is 0 Å². The minimum Gasteiger partial charge on any atom is -0.731 e. The summed E-state index contributed by atoms with van der Waals surface area (Å²) in [6, 6.07) is 0. The second kappa shape index (κ2) is 4.72. The molecule has 13 heavy (non-hydrogen) atoms. The molecule has 1 aromatic rings. The molecule has 0 bridgehead atoms. The van der Waals surface area contributed by atoms with Crippen molar-refractivity contribution in [1.29, 1.82) is 0 Å². The van der Waals surface area contributed by atoms with Crippen molar-refractivity contribution in [2.45, 2.75) is 13.8 Å². The number of nitrogens with one attached hydrogen (secondary N) is 1. The van der Waals surface area contributed by atoms with E-state index in [1.807, 2.05) is 0 Å². The zero-order valence-electron chi connectivity index (χ0n) is 7.49. The molecular formula is C5H7N2NaO3S2. The standard InChI is InChI=1S/C5H8N2O3S2.Na/c1-3-4(2)11-5(6-3)7-12(8,9)10;/h1-2H3,(H,6,7)(H,8,9,10);/q;+1/p-1. The molecule has 68 valence electrons. The van der Waals surface area contributed by atoms with E-state index in [9.17, 15) is 13.0 Å².